The summed E-state index contributed by atoms with van der Waals surface area (Å²) in [7, 11) is 0. The van der Waals surface area contributed by atoms with Gasteiger partial charge in [0.05, 0.1) is 11.1 Å². The van der Waals surface area contributed by atoms with Crippen LogP contribution in [0, 0.1) is 10.1 Å². The Morgan fingerprint density at radius 1 is 1.47 bits per heavy atom. The standard InChI is InChI=1S/C9H8N6O3S/c10-13-5-1-2-7(15(17)18)6(3-5)9(16)12-8-4-11-14-19-8/h1-4,13H,10H2,(H,12,16). The molecule has 1 aromatic carbocycles. The number of carbonyl (C=O) groups is 1. The molecule has 0 saturated heterocycles. The van der Waals surface area contributed by atoms with Gasteiger partial charge in [-0.05, 0) is 12.1 Å². The number of nitrogens with one attached hydrogen (secondary N) is 2. The van der Waals surface area contributed by atoms with Crippen LogP contribution in [-0.4, -0.2) is 20.4 Å². The highest BCUT2D eigenvalue weighted by Gasteiger charge is 2.21. The number of nitrogens with two attached hydrogens (primary N) is 1. The molecular weight excluding hydrogens is 272 g/mol. The number of hydrogen-bond acceptors (Lipinski definition) is 8. The monoisotopic (exact) mass is 280 g/mol. The van der Waals surface area contributed by atoms with E-state index in [0.717, 1.165) is 11.5 Å². The van der Waals surface area contributed by atoms with Gasteiger partial charge in [-0.3, -0.25) is 20.8 Å². The number of hydrogen-bond donors (Lipinski definition) is 3. The molecule has 4 N–H and O–H groups in total. The summed E-state index contributed by atoms with van der Waals surface area (Å²) in [4.78, 5) is 22.2. The number of hydrazine groups is 1. The second kappa shape index (κ2) is 5.37. The number of nitrogens with zero attached hydrogens (tertiary/aromatic N) is 3. The van der Waals surface area contributed by atoms with Gasteiger partial charge in [-0.25, -0.2) is 0 Å². The smallest absolute Gasteiger partial charge is 0.282 e. The highest BCUT2D eigenvalue weighted by molar-refractivity contribution is 7.10. The van der Waals surface area contributed by atoms with Crippen LogP contribution in [-0.2, 0) is 0 Å². The van der Waals surface area contributed by atoms with Crippen molar-refractivity contribution in [2.45, 2.75) is 0 Å². The fourth-order valence-corrected chi connectivity index (χ4v) is 1.78. The number of nitro groups is 1. The number of rotatable bonds is 4. The quantitative estimate of drug-likeness (QED) is 0.431. The van der Waals surface area contributed by atoms with Gasteiger partial charge >= 0.3 is 0 Å². The normalized spacial score (nSPS) is 9.95. The summed E-state index contributed by atoms with van der Waals surface area (Å²) in [6.07, 6.45) is 1.35. The van der Waals surface area contributed by atoms with Gasteiger partial charge in [-0.2, -0.15) is 0 Å². The molecule has 0 aliphatic rings. The first-order valence-electron chi connectivity index (χ1n) is 4.95. The van der Waals surface area contributed by atoms with Crippen LogP contribution in [0.15, 0.2) is 24.4 Å². The Bertz CT molecular complexity index is 614. The third-order valence-electron chi connectivity index (χ3n) is 2.20. The van der Waals surface area contributed by atoms with E-state index in [-0.39, 0.29) is 11.3 Å². The molecule has 10 heteroatoms. The van der Waals surface area contributed by atoms with Crippen molar-refractivity contribution in [3.8, 4) is 0 Å². The first-order valence-corrected chi connectivity index (χ1v) is 5.73. The topological polar surface area (TPSA) is 136 Å². The Morgan fingerprint density at radius 3 is 2.84 bits per heavy atom. The molecule has 0 bridgehead atoms. The van der Waals surface area contributed by atoms with Crippen LogP contribution in [0.5, 0.6) is 0 Å². The van der Waals surface area contributed by atoms with Crippen molar-refractivity contribution in [2.24, 2.45) is 5.84 Å². The molecule has 2 rings (SSSR count). The maximum absolute atomic E-state index is 12.0. The van der Waals surface area contributed by atoms with E-state index >= 15 is 0 Å². The van der Waals surface area contributed by atoms with Crippen molar-refractivity contribution in [1.29, 1.82) is 0 Å². The summed E-state index contributed by atoms with van der Waals surface area (Å²) >= 11 is 0.967. The average Bonchev–Trinajstić information content (AvgIpc) is 2.90. The molecule has 9 nitrogen and oxygen atoms in total. The molecule has 98 valence electrons. The van der Waals surface area contributed by atoms with E-state index in [1.54, 1.807) is 0 Å². The molecule has 0 unspecified atom stereocenters. The summed E-state index contributed by atoms with van der Waals surface area (Å²) in [5.74, 6) is 4.58. The first-order chi connectivity index (χ1) is 9.11. The molecule has 0 aliphatic carbocycles. The van der Waals surface area contributed by atoms with E-state index in [1.165, 1.54) is 24.4 Å². The van der Waals surface area contributed by atoms with E-state index in [2.05, 4.69) is 20.3 Å². The lowest BCUT2D eigenvalue weighted by molar-refractivity contribution is -0.385. The third kappa shape index (κ3) is 2.81. The van der Waals surface area contributed by atoms with Crippen LogP contribution in [0.1, 0.15) is 10.4 Å². The van der Waals surface area contributed by atoms with E-state index in [9.17, 15) is 14.9 Å². The minimum atomic E-state index is -0.639. The molecule has 1 aromatic heterocycles. The van der Waals surface area contributed by atoms with Crippen molar-refractivity contribution in [2.75, 3.05) is 10.7 Å². The lowest BCUT2D eigenvalue weighted by Gasteiger charge is -2.05. The largest absolute Gasteiger partial charge is 0.324 e. The molecule has 0 atom stereocenters. The molecule has 0 radical (unpaired) electrons. The molecule has 0 saturated carbocycles. The highest BCUT2D eigenvalue weighted by atomic mass is 32.1. The number of carbonyl (C=O) groups excluding carboxylic acids is 1. The fraction of sp³-hybridized carbons (Fsp3) is 0. The van der Waals surface area contributed by atoms with Crippen LogP contribution < -0.4 is 16.6 Å². The zero-order valence-corrected chi connectivity index (χ0v) is 10.2. The highest BCUT2D eigenvalue weighted by Crippen LogP contribution is 2.23. The lowest BCUT2D eigenvalue weighted by atomic mass is 10.1. The van der Waals surface area contributed by atoms with Gasteiger partial charge in [-0.1, -0.05) is 4.49 Å². The number of amides is 1. The molecule has 1 amide bonds. The van der Waals surface area contributed by atoms with Gasteiger partial charge < -0.3 is 10.7 Å². The van der Waals surface area contributed by atoms with Gasteiger partial charge in [-0.15, -0.1) is 5.10 Å². The van der Waals surface area contributed by atoms with E-state index < -0.39 is 10.8 Å². The third-order valence-corrected chi connectivity index (χ3v) is 2.78. The van der Waals surface area contributed by atoms with Gasteiger partial charge in [0.1, 0.15) is 10.6 Å². The second-order valence-electron chi connectivity index (χ2n) is 3.37. The number of anilines is 2. The Morgan fingerprint density at radius 2 is 2.26 bits per heavy atom. The Labute approximate surface area is 110 Å². The van der Waals surface area contributed by atoms with E-state index in [1.807, 2.05) is 0 Å². The average molecular weight is 280 g/mol. The lowest BCUT2D eigenvalue weighted by Crippen LogP contribution is -2.15. The SMILES string of the molecule is NNc1ccc([N+](=O)[O-])c(C(=O)Nc2cnns2)c1. The molecular formula is C9H8N6O3S. The summed E-state index contributed by atoms with van der Waals surface area (Å²) in [6, 6.07) is 3.90. The number of nitrogen functional groups attached to an aromatic ring is 1. The van der Waals surface area contributed by atoms with Gasteiger partial charge in [0.25, 0.3) is 11.6 Å². The van der Waals surface area contributed by atoms with Crippen molar-refractivity contribution in [3.63, 3.8) is 0 Å². The molecule has 1 heterocycles. The van der Waals surface area contributed by atoms with E-state index in [4.69, 9.17) is 5.84 Å². The number of aromatic nitrogens is 2. The van der Waals surface area contributed by atoms with E-state index in [0.29, 0.717) is 10.7 Å². The summed E-state index contributed by atoms with van der Waals surface area (Å²) in [5.41, 5.74) is 2.30. The second-order valence-corrected chi connectivity index (χ2v) is 4.15. The molecule has 0 spiro atoms. The summed E-state index contributed by atoms with van der Waals surface area (Å²) in [5, 5.41) is 17.3. The van der Waals surface area contributed by atoms with Gasteiger partial charge in [0.15, 0.2) is 0 Å². The number of nitro benzene ring substituents is 1. The van der Waals surface area contributed by atoms with Crippen molar-refractivity contribution >= 4 is 33.8 Å². The Kier molecular flexibility index (Phi) is 3.63. The molecule has 0 aliphatic heterocycles. The predicted molar refractivity (Wildman–Crippen MR) is 68.8 cm³/mol. The van der Waals surface area contributed by atoms with Crippen LogP contribution in [0.25, 0.3) is 0 Å². The van der Waals surface area contributed by atoms with Crippen molar-refractivity contribution < 1.29 is 9.72 Å². The summed E-state index contributed by atoms with van der Waals surface area (Å²) < 4.78 is 3.57. The Hall–Kier alpha value is -2.59. The minimum absolute atomic E-state index is 0.103. The predicted octanol–water partition coefficient (Wildman–Crippen LogP) is 0.984. The zero-order chi connectivity index (χ0) is 13.8. The van der Waals surface area contributed by atoms with Gasteiger partial charge in [0.2, 0.25) is 0 Å². The maximum Gasteiger partial charge on any atom is 0.282 e. The van der Waals surface area contributed by atoms with Crippen molar-refractivity contribution in [3.05, 3.63) is 40.1 Å². The number of benzene rings is 1. The van der Waals surface area contributed by atoms with Crippen molar-refractivity contribution in [1.82, 2.24) is 9.59 Å². The maximum atomic E-state index is 12.0. The zero-order valence-electron chi connectivity index (χ0n) is 9.36. The minimum Gasteiger partial charge on any atom is -0.324 e. The molecule has 2 aromatic rings. The summed E-state index contributed by atoms with van der Waals surface area (Å²) in [6.45, 7) is 0. The Balaban J connectivity index is 2.35. The molecule has 19 heavy (non-hydrogen) atoms. The first kappa shape index (κ1) is 12.9. The van der Waals surface area contributed by atoms with Gasteiger partial charge in [0, 0.05) is 23.3 Å². The van der Waals surface area contributed by atoms with Crippen LogP contribution in [0.4, 0.5) is 16.4 Å². The molecule has 0 fully saturated rings. The van der Waals surface area contributed by atoms with Crippen LogP contribution in [0.3, 0.4) is 0 Å². The van der Waals surface area contributed by atoms with Crippen LogP contribution >= 0.6 is 11.5 Å². The van der Waals surface area contributed by atoms with Crippen LogP contribution in [0.2, 0.25) is 0 Å². The fourth-order valence-electron chi connectivity index (χ4n) is 1.37.